The molecule has 0 saturated carbocycles. The van der Waals surface area contributed by atoms with Crippen molar-refractivity contribution in [1.29, 1.82) is 0 Å². The first-order valence-corrected chi connectivity index (χ1v) is 4.69. The molecule has 3 atom stereocenters. The molecular weight excluding hydrogens is 154 g/mol. The average molecular weight is 173 g/mol. The van der Waals surface area contributed by atoms with Crippen LogP contribution in [-0.2, 0) is 4.74 Å². The maximum Gasteiger partial charge on any atom is 0.0636 e. The van der Waals surface area contributed by atoms with E-state index in [-0.39, 0.29) is 6.10 Å². The lowest BCUT2D eigenvalue weighted by Crippen LogP contribution is -2.37. The van der Waals surface area contributed by atoms with Crippen molar-refractivity contribution in [2.45, 2.75) is 32.4 Å². The fourth-order valence-corrected chi connectivity index (χ4v) is 1.47. The van der Waals surface area contributed by atoms with Crippen LogP contribution in [0.3, 0.4) is 0 Å². The van der Waals surface area contributed by atoms with Crippen molar-refractivity contribution in [2.75, 3.05) is 19.8 Å². The SMILES string of the molecule is CC(O)CNC(C)C1CCOC1. The standard InChI is InChI=1S/C9H19NO2/c1-7(11)5-10-8(2)9-3-4-12-6-9/h7-11H,3-6H2,1-2H3. The fourth-order valence-electron chi connectivity index (χ4n) is 1.47. The molecule has 72 valence electrons. The molecule has 0 aromatic heterocycles. The highest BCUT2D eigenvalue weighted by atomic mass is 16.5. The Morgan fingerprint density at radius 2 is 2.33 bits per heavy atom. The zero-order valence-electron chi connectivity index (χ0n) is 7.92. The van der Waals surface area contributed by atoms with E-state index in [0.717, 1.165) is 19.6 Å². The van der Waals surface area contributed by atoms with Gasteiger partial charge in [-0.05, 0) is 26.2 Å². The molecule has 1 fully saturated rings. The second-order valence-corrected chi connectivity index (χ2v) is 3.67. The Morgan fingerprint density at radius 3 is 2.83 bits per heavy atom. The van der Waals surface area contributed by atoms with Crippen LogP contribution in [0.4, 0.5) is 0 Å². The van der Waals surface area contributed by atoms with Crippen molar-refractivity contribution in [2.24, 2.45) is 5.92 Å². The van der Waals surface area contributed by atoms with Crippen LogP contribution in [0.2, 0.25) is 0 Å². The zero-order chi connectivity index (χ0) is 8.97. The molecule has 0 bridgehead atoms. The number of aliphatic hydroxyl groups is 1. The molecule has 1 saturated heterocycles. The minimum atomic E-state index is -0.255. The summed E-state index contributed by atoms with van der Waals surface area (Å²) >= 11 is 0. The first-order chi connectivity index (χ1) is 5.70. The van der Waals surface area contributed by atoms with E-state index in [1.54, 1.807) is 6.92 Å². The van der Waals surface area contributed by atoms with Crippen LogP contribution in [0.1, 0.15) is 20.3 Å². The predicted octanol–water partition coefficient (Wildman–Crippen LogP) is 0.382. The van der Waals surface area contributed by atoms with E-state index < -0.39 is 0 Å². The molecule has 0 aromatic carbocycles. The third-order valence-electron chi connectivity index (χ3n) is 2.41. The van der Waals surface area contributed by atoms with Gasteiger partial charge in [0.2, 0.25) is 0 Å². The lowest BCUT2D eigenvalue weighted by atomic mass is 10.0. The molecule has 3 nitrogen and oxygen atoms in total. The largest absolute Gasteiger partial charge is 0.392 e. The number of nitrogens with one attached hydrogen (secondary N) is 1. The predicted molar refractivity (Wildman–Crippen MR) is 48.1 cm³/mol. The van der Waals surface area contributed by atoms with Crippen LogP contribution in [-0.4, -0.2) is 37.0 Å². The topological polar surface area (TPSA) is 41.5 Å². The zero-order valence-corrected chi connectivity index (χ0v) is 7.92. The molecule has 0 spiro atoms. The summed E-state index contributed by atoms with van der Waals surface area (Å²) in [5.74, 6) is 0.628. The van der Waals surface area contributed by atoms with Crippen molar-refractivity contribution >= 4 is 0 Å². The second kappa shape index (κ2) is 4.80. The second-order valence-electron chi connectivity index (χ2n) is 3.67. The van der Waals surface area contributed by atoms with E-state index in [4.69, 9.17) is 9.84 Å². The minimum absolute atomic E-state index is 0.255. The third kappa shape index (κ3) is 3.09. The van der Waals surface area contributed by atoms with Crippen molar-refractivity contribution in [3.63, 3.8) is 0 Å². The molecule has 1 aliphatic heterocycles. The van der Waals surface area contributed by atoms with E-state index in [2.05, 4.69) is 12.2 Å². The van der Waals surface area contributed by atoms with Crippen LogP contribution in [0.15, 0.2) is 0 Å². The Balaban J connectivity index is 2.13. The summed E-state index contributed by atoms with van der Waals surface area (Å²) < 4.78 is 5.28. The summed E-state index contributed by atoms with van der Waals surface area (Å²) in [5, 5.41) is 12.3. The van der Waals surface area contributed by atoms with Gasteiger partial charge in [-0.25, -0.2) is 0 Å². The number of rotatable bonds is 4. The highest BCUT2D eigenvalue weighted by molar-refractivity contribution is 4.75. The van der Waals surface area contributed by atoms with Gasteiger partial charge in [0.1, 0.15) is 0 Å². The van der Waals surface area contributed by atoms with Gasteiger partial charge in [-0.1, -0.05) is 0 Å². The normalized spacial score (nSPS) is 28.8. The fraction of sp³-hybridized carbons (Fsp3) is 1.00. The number of aliphatic hydroxyl groups excluding tert-OH is 1. The van der Waals surface area contributed by atoms with E-state index in [0.29, 0.717) is 18.5 Å². The molecule has 2 N–H and O–H groups in total. The molecule has 1 rings (SSSR count). The Labute approximate surface area is 74.1 Å². The molecule has 12 heavy (non-hydrogen) atoms. The quantitative estimate of drug-likeness (QED) is 0.646. The van der Waals surface area contributed by atoms with Crippen LogP contribution >= 0.6 is 0 Å². The van der Waals surface area contributed by atoms with Gasteiger partial charge >= 0.3 is 0 Å². The monoisotopic (exact) mass is 173 g/mol. The number of hydrogen-bond acceptors (Lipinski definition) is 3. The Hall–Kier alpha value is -0.120. The van der Waals surface area contributed by atoms with E-state index in [9.17, 15) is 0 Å². The van der Waals surface area contributed by atoms with Gasteiger partial charge in [-0.2, -0.15) is 0 Å². The third-order valence-corrected chi connectivity index (χ3v) is 2.41. The van der Waals surface area contributed by atoms with Crippen LogP contribution in [0.25, 0.3) is 0 Å². The minimum Gasteiger partial charge on any atom is -0.392 e. The van der Waals surface area contributed by atoms with E-state index in [1.807, 2.05) is 0 Å². The summed E-state index contributed by atoms with van der Waals surface area (Å²) in [6, 6.07) is 0.460. The van der Waals surface area contributed by atoms with E-state index >= 15 is 0 Å². The lowest BCUT2D eigenvalue weighted by molar-refractivity contribution is 0.164. The average Bonchev–Trinajstić information content (AvgIpc) is 2.51. The summed E-state index contributed by atoms with van der Waals surface area (Å²) in [6.07, 6.45) is 0.892. The maximum atomic E-state index is 9.05. The molecule has 3 heteroatoms. The lowest BCUT2D eigenvalue weighted by Gasteiger charge is -2.19. The number of hydrogen-bond donors (Lipinski definition) is 2. The Bertz CT molecular complexity index is 122. The van der Waals surface area contributed by atoms with Crippen molar-refractivity contribution in [3.05, 3.63) is 0 Å². The first kappa shape index (κ1) is 9.96. The highest BCUT2D eigenvalue weighted by Gasteiger charge is 2.21. The molecule has 0 aromatic rings. The van der Waals surface area contributed by atoms with Gasteiger partial charge < -0.3 is 15.2 Å². The molecule has 0 amide bonds. The van der Waals surface area contributed by atoms with Crippen molar-refractivity contribution in [3.8, 4) is 0 Å². The first-order valence-electron chi connectivity index (χ1n) is 4.69. The van der Waals surface area contributed by atoms with Gasteiger partial charge in [0.25, 0.3) is 0 Å². The van der Waals surface area contributed by atoms with E-state index in [1.165, 1.54) is 0 Å². The maximum absolute atomic E-state index is 9.05. The summed E-state index contributed by atoms with van der Waals surface area (Å²) in [6.45, 7) is 6.39. The smallest absolute Gasteiger partial charge is 0.0636 e. The number of ether oxygens (including phenoxy) is 1. The molecular formula is C9H19NO2. The van der Waals surface area contributed by atoms with Crippen LogP contribution in [0.5, 0.6) is 0 Å². The molecule has 1 heterocycles. The van der Waals surface area contributed by atoms with Gasteiger partial charge in [-0.3, -0.25) is 0 Å². The molecule has 0 radical (unpaired) electrons. The summed E-state index contributed by atoms with van der Waals surface area (Å²) in [5.41, 5.74) is 0. The molecule has 3 unspecified atom stereocenters. The Morgan fingerprint density at radius 1 is 1.58 bits per heavy atom. The van der Waals surface area contributed by atoms with Gasteiger partial charge in [0, 0.05) is 19.2 Å². The van der Waals surface area contributed by atoms with Crippen molar-refractivity contribution in [1.82, 2.24) is 5.32 Å². The van der Waals surface area contributed by atoms with Gasteiger partial charge in [0.15, 0.2) is 0 Å². The van der Waals surface area contributed by atoms with Crippen LogP contribution in [0, 0.1) is 5.92 Å². The van der Waals surface area contributed by atoms with Gasteiger partial charge in [0.05, 0.1) is 12.7 Å². The summed E-state index contributed by atoms with van der Waals surface area (Å²) in [4.78, 5) is 0. The highest BCUT2D eigenvalue weighted by Crippen LogP contribution is 2.15. The van der Waals surface area contributed by atoms with Gasteiger partial charge in [-0.15, -0.1) is 0 Å². The Kier molecular flexibility index (Phi) is 3.98. The van der Waals surface area contributed by atoms with Crippen LogP contribution < -0.4 is 5.32 Å². The molecule has 1 aliphatic rings. The summed E-state index contributed by atoms with van der Waals surface area (Å²) in [7, 11) is 0. The molecule has 0 aliphatic carbocycles. The van der Waals surface area contributed by atoms with Crippen molar-refractivity contribution < 1.29 is 9.84 Å².